The van der Waals surface area contributed by atoms with E-state index in [2.05, 4.69) is 34.5 Å². The molecule has 1 saturated heterocycles. The van der Waals surface area contributed by atoms with E-state index in [1.165, 1.54) is 31.2 Å². The third-order valence-electron chi connectivity index (χ3n) is 5.81. The van der Waals surface area contributed by atoms with E-state index in [0.717, 1.165) is 51.6 Å². The zero-order valence-electron chi connectivity index (χ0n) is 13.9. The van der Waals surface area contributed by atoms with E-state index in [1.807, 2.05) is 0 Å². The number of hydrogen-bond donors (Lipinski definition) is 1. The number of fused-ring (bicyclic) bond motifs is 1. The van der Waals surface area contributed by atoms with Gasteiger partial charge in [-0.15, -0.1) is 0 Å². The minimum Gasteiger partial charge on any atom is -0.492 e. The first-order valence-corrected chi connectivity index (χ1v) is 9.13. The predicted molar refractivity (Wildman–Crippen MR) is 91.0 cm³/mol. The van der Waals surface area contributed by atoms with Crippen molar-refractivity contribution in [3.05, 3.63) is 29.8 Å². The van der Waals surface area contributed by atoms with Gasteiger partial charge in [-0.25, -0.2) is 0 Å². The van der Waals surface area contributed by atoms with Gasteiger partial charge in [0.2, 0.25) is 0 Å². The minimum atomic E-state index is 0.348. The van der Waals surface area contributed by atoms with Crippen LogP contribution in [0.1, 0.15) is 31.2 Å². The predicted octanol–water partition coefficient (Wildman–Crippen LogP) is 2.22. The van der Waals surface area contributed by atoms with Gasteiger partial charge in [-0.05, 0) is 30.9 Å². The molecule has 4 heteroatoms. The maximum Gasteiger partial charge on any atom is 0.122 e. The van der Waals surface area contributed by atoms with Gasteiger partial charge in [0.1, 0.15) is 12.4 Å². The first kappa shape index (κ1) is 15.4. The van der Waals surface area contributed by atoms with Crippen LogP contribution in [0.5, 0.6) is 5.75 Å². The molecular weight excluding hydrogens is 288 g/mol. The maximum absolute atomic E-state index is 5.93. The Kier molecular flexibility index (Phi) is 4.56. The fourth-order valence-electron chi connectivity index (χ4n) is 4.47. The molecule has 1 aromatic carbocycles. The second kappa shape index (κ2) is 6.80. The van der Waals surface area contributed by atoms with Crippen LogP contribution in [0.4, 0.5) is 0 Å². The molecule has 1 aromatic rings. The van der Waals surface area contributed by atoms with Crippen LogP contribution < -0.4 is 10.1 Å². The summed E-state index contributed by atoms with van der Waals surface area (Å²) in [4.78, 5) is 2.69. The third-order valence-corrected chi connectivity index (χ3v) is 5.81. The molecule has 0 amide bonds. The van der Waals surface area contributed by atoms with Crippen LogP contribution in [0, 0.1) is 0 Å². The Labute approximate surface area is 139 Å². The normalized spacial score (nSPS) is 27.4. The molecule has 4 rings (SSSR count). The average Bonchev–Trinajstić information content (AvgIpc) is 3.11. The zero-order chi connectivity index (χ0) is 15.5. The van der Waals surface area contributed by atoms with Crippen molar-refractivity contribution in [1.29, 1.82) is 0 Å². The highest BCUT2D eigenvalue weighted by atomic mass is 16.5. The molecule has 1 N–H and O–H groups in total. The molecule has 0 bridgehead atoms. The molecule has 0 spiro atoms. The lowest BCUT2D eigenvalue weighted by Crippen LogP contribution is -2.58. The quantitative estimate of drug-likeness (QED) is 0.923. The number of hydrogen-bond acceptors (Lipinski definition) is 4. The summed E-state index contributed by atoms with van der Waals surface area (Å²) < 4.78 is 11.5. The molecule has 0 radical (unpaired) electrons. The zero-order valence-corrected chi connectivity index (χ0v) is 13.9. The molecule has 3 aliphatic rings. The molecule has 2 fully saturated rings. The van der Waals surface area contributed by atoms with E-state index < -0.39 is 0 Å². The lowest BCUT2D eigenvalue weighted by Gasteiger charge is -2.44. The number of rotatable bonds is 4. The number of morpholine rings is 1. The topological polar surface area (TPSA) is 33.7 Å². The monoisotopic (exact) mass is 316 g/mol. The van der Waals surface area contributed by atoms with Crippen molar-refractivity contribution in [2.75, 3.05) is 39.5 Å². The molecule has 23 heavy (non-hydrogen) atoms. The average molecular weight is 316 g/mol. The second-order valence-corrected chi connectivity index (χ2v) is 7.23. The number of benzene rings is 1. The van der Waals surface area contributed by atoms with Crippen LogP contribution in [-0.4, -0.2) is 55.9 Å². The van der Waals surface area contributed by atoms with Gasteiger partial charge in [0.15, 0.2) is 0 Å². The van der Waals surface area contributed by atoms with E-state index in [9.17, 15) is 0 Å². The highest BCUT2D eigenvalue weighted by molar-refractivity contribution is 5.35. The molecule has 1 unspecified atom stereocenters. The van der Waals surface area contributed by atoms with E-state index >= 15 is 0 Å². The molecule has 126 valence electrons. The summed E-state index contributed by atoms with van der Waals surface area (Å²) in [5.41, 5.74) is 1.68. The minimum absolute atomic E-state index is 0.348. The summed E-state index contributed by atoms with van der Waals surface area (Å²) in [6.07, 6.45) is 6.45. The standard InChI is InChI=1S/C19H28N2O2/c1-2-6-18-16(5-1)13-17(14-23-18)20-15-19(7-3-4-8-19)21-9-11-22-12-10-21/h1-2,5-6,17,20H,3-4,7-15H2. The van der Waals surface area contributed by atoms with E-state index in [-0.39, 0.29) is 0 Å². The van der Waals surface area contributed by atoms with Crippen molar-refractivity contribution in [2.24, 2.45) is 0 Å². The Balaban J connectivity index is 1.39. The summed E-state index contributed by atoms with van der Waals surface area (Å²) in [6, 6.07) is 8.87. The van der Waals surface area contributed by atoms with Crippen LogP contribution in [0.3, 0.4) is 0 Å². The Morgan fingerprint density at radius 2 is 1.91 bits per heavy atom. The van der Waals surface area contributed by atoms with E-state index in [0.29, 0.717) is 11.6 Å². The van der Waals surface area contributed by atoms with Crippen molar-refractivity contribution < 1.29 is 9.47 Å². The Hall–Kier alpha value is -1.10. The molecule has 1 atom stereocenters. The van der Waals surface area contributed by atoms with Crippen LogP contribution in [0.2, 0.25) is 0 Å². The molecular formula is C19H28N2O2. The summed E-state index contributed by atoms with van der Waals surface area (Å²) in [5, 5.41) is 3.84. The third kappa shape index (κ3) is 3.25. The van der Waals surface area contributed by atoms with Crippen LogP contribution in [-0.2, 0) is 11.2 Å². The fraction of sp³-hybridized carbons (Fsp3) is 0.684. The van der Waals surface area contributed by atoms with E-state index in [1.54, 1.807) is 0 Å². The summed E-state index contributed by atoms with van der Waals surface area (Å²) in [6.45, 7) is 5.83. The lowest BCUT2D eigenvalue weighted by atomic mass is 9.93. The van der Waals surface area contributed by atoms with E-state index in [4.69, 9.17) is 9.47 Å². The van der Waals surface area contributed by atoms with Crippen LogP contribution >= 0.6 is 0 Å². The van der Waals surface area contributed by atoms with Gasteiger partial charge < -0.3 is 14.8 Å². The summed E-state index contributed by atoms with van der Waals surface area (Å²) >= 11 is 0. The van der Waals surface area contributed by atoms with Crippen molar-refractivity contribution in [2.45, 2.75) is 43.7 Å². The second-order valence-electron chi connectivity index (χ2n) is 7.23. The Morgan fingerprint density at radius 3 is 2.74 bits per heavy atom. The molecule has 4 nitrogen and oxygen atoms in total. The molecule has 2 aliphatic heterocycles. The SMILES string of the molecule is c1ccc2c(c1)CC(NCC1(N3CCOCC3)CCCC1)CO2. The molecule has 1 saturated carbocycles. The highest BCUT2D eigenvalue weighted by Crippen LogP contribution is 2.35. The molecule has 2 heterocycles. The lowest BCUT2D eigenvalue weighted by molar-refractivity contribution is -0.0218. The van der Waals surface area contributed by atoms with Crippen LogP contribution in [0.15, 0.2) is 24.3 Å². The van der Waals surface area contributed by atoms with Crippen molar-refractivity contribution >= 4 is 0 Å². The maximum atomic E-state index is 5.93. The van der Waals surface area contributed by atoms with Gasteiger partial charge in [0.25, 0.3) is 0 Å². The van der Waals surface area contributed by atoms with Gasteiger partial charge in [0, 0.05) is 31.2 Å². The van der Waals surface area contributed by atoms with Gasteiger partial charge in [0.05, 0.1) is 13.2 Å². The van der Waals surface area contributed by atoms with Gasteiger partial charge in [-0.2, -0.15) is 0 Å². The van der Waals surface area contributed by atoms with Crippen molar-refractivity contribution in [3.8, 4) is 5.75 Å². The van der Waals surface area contributed by atoms with Gasteiger partial charge >= 0.3 is 0 Å². The Bertz CT molecular complexity index is 522. The summed E-state index contributed by atoms with van der Waals surface area (Å²) in [5.74, 6) is 1.06. The number of ether oxygens (including phenoxy) is 2. The van der Waals surface area contributed by atoms with Crippen molar-refractivity contribution in [3.63, 3.8) is 0 Å². The largest absolute Gasteiger partial charge is 0.492 e. The summed E-state index contributed by atoms with van der Waals surface area (Å²) in [7, 11) is 0. The van der Waals surface area contributed by atoms with Gasteiger partial charge in [-0.1, -0.05) is 31.0 Å². The number of nitrogens with zero attached hydrogens (tertiary/aromatic N) is 1. The fourth-order valence-corrected chi connectivity index (χ4v) is 4.47. The van der Waals surface area contributed by atoms with Crippen molar-refractivity contribution in [1.82, 2.24) is 10.2 Å². The highest BCUT2D eigenvalue weighted by Gasteiger charge is 2.40. The number of nitrogens with one attached hydrogen (secondary N) is 1. The first-order chi connectivity index (χ1) is 11.4. The molecule has 0 aromatic heterocycles. The van der Waals surface area contributed by atoms with Crippen LogP contribution in [0.25, 0.3) is 0 Å². The Morgan fingerprint density at radius 1 is 1.13 bits per heavy atom. The molecule has 1 aliphatic carbocycles. The smallest absolute Gasteiger partial charge is 0.122 e. The van der Waals surface area contributed by atoms with Gasteiger partial charge in [-0.3, -0.25) is 4.90 Å². The first-order valence-electron chi connectivity index (χ1n) is 9.13. The number of para-hydroxylation sites is 1.